The second-order valence-electron chi connectivity index (χ2n) is 7.99. The van der Waals surface area contributed by atoms with Gasteiger partial charge in [-0.15, -0.1) is 0 Å². The quantitative estimate of drug-likeness (QED) is 0.743. The summed E-state index contributed by atoms with van der Waals surface area (Å²) in [6.45, 7) is 7.62. The standard InChI is InChI=1S/C19H28BrN3O3/c1-12-5-7-13(8-6-12)16(23-18(25)26-19(2,3)4)17(24)22-15-10-9-14(20)11-21-15/h9-13,16H,5-8H2,1-4H3,(H,23,25)(H,21,22,24)/t12-,13-,16-/m0/s1. The smallest absolute Gasteiger partial charge is 0.408 e. The third kappa shape index (κ3) is 6.59. The summed E-state index contributed by atoms with van der Waals surface area (Å²) in [7, 11) is 0. The lowest BCUT2D eigenvalue weighted by atomic mass is 9.79. The predicted molar refractivity (Wildman–Crippen MR) is 105 cm³/mol. The van der Waals surface area contributed by atoms with Gasteiger partial charge in [-0.25, -0.2) is 9.78 Å². The molecule has 0 aromatic carbocycles. The Kier molecular flexibility index (Phi) is 7.03. The zero-order valence-corrected chi connectivity index (χ0v) is 17.4. The van der Waals surface area contributed by atoms with Gasteiger partial charge in [0.1, 0.15) is 17.5 Å². The molecule has 26 heavy (non-hydrogen) atoms. The predicted octanol–water partition coefficient (Wildman–Crippen LogP) is 4.50. The molecule has 0 bridgehead atoms. The van der Waals surface area contributed by atoms with Crippen molar-refractivity contribution in [3.8, 4) is 0 Å². The number of anilines is 1. The normalized spacial score (nSPS) is 21.6. The summed E-state index contributed by atoms with van der Waals surface area (Å²) >= 11 is 3.32. The van der Waals surface area contributed by atoms with Gasteiger partial charge in [0.05, 0.1) is 0 Å². The van der Waals surface area contributed by atoms with Gasteiger partial charge >= 0.3 is 6.09 Å². The molecule has 6 nitrogen and oxygen atoms in total. The molecule has 7 heteroatoms. The number of carbonyl (C=O) groups is 2. The van der Waals surface area contributed by atoms with E-state index < -0.39 is 17.7 Å². The summed E-state index contributed by atoms with van der Waals surface area (Å²) in [5.74, 6) is 0.947. The number of alkyl carbamates (subject to hydrolysis) is 1. The first kappa shape index (κ1) is 20.7. The van der Waals surface area contributed by atoms with Gasteiger partial charge in [0.15, 0.2) is 0 Å². The van der Waals surface area contributed by atoms with E-state index in [2.05, 4.69) is 38.5 Å². The summed E-state index contributed by atoms with van der Waals surface area (Å²) in [6, 6.07) is 2.89. The van der Waals surface area contributed by atoms with E-state index in [1.54, 1.807) is 39.1 Å². The number of ether oxygens (including phenoxy) is 1. The van der Waals surface area contributed by atoms with Crippen molar-refractivity contribution in [3.05, 3.63) is 22.8 Å². The molecule has 1 aliphatic rings. The van der Waals surface area contributed by atoms with Crippen molar-refractivity contribution in [2.24, 2.45) is 11.8 Å². The van der Waals surface area contributed by atoms with Crippen LogP contribution in [0.4, 0.5) is 10.6 Å². The van der Waals surface area contributed by atoms with Crippen molar-refractivity contribution in [3.63, 3.8) is 0 Å². The summed E-state index contributed by atoms with van der Waals surface area (Å²) in [4.78, 5) is 29.3. The highest BCUT2D eigenvalue weighted by atomic mass is 79.9. The van der Waals surface area contributed by atoms with Crippen LogP contribution in [0.5, 0.6) is 0 Å². The lowest BCUT2D eigenvalue weighted by molar-refractivity contribution is -0.119. The number of rotatable bonds is 4. The van der Waals surface area contributed by atoms with Gasteiger partial charge in [-0.05, 0) is 73.5 Å². The Bertz CT molecular complexity index is 620. The summed E-state index contributed by atoms with van der Waals surface area (Å²) in [5.41, 5.74) is -0.612. The molecule has 0 saturated heterocycles. The van der Waals surface area contributed by atoms with Crippen molar-refractivity contribution in [2.45, 2.75) is 65.0 Å². The molecule has 0 radical (unpaired) electrons. The largest absolute Gasteiger partial charge is 0.444 e. The molecular weight excluding hydrogens is 398 g/mol. The van der Waals surface area contributed by atoms with E-state index in [1.165, 1.54) is 0 Å². The molecule has 1 heterocycles. The van der Waals surface area contributed by atoms with Crippen molar-refractivity contribution in [1.82, 2.24) is 10.3 Å². The second-order valence-corrected chi connectivity index (χ2v) is 8.91. The van der Waals surface area contributed by atoms with E-state index in [0.29, 0.717) is 11.7 Å². The summed E-state index contributed by atoms with van der Waals surface area (Å²) < 4.78 is 6.18. The monoisotopic (exact) mass is 425 g/mol. The van der Waals surface area contributed by atoms with Crippen LogP contribution >= 0.6 is 15.9 Å². The van der Waals surface area contributed by atoms with Crippen molar-refractivity contribution < 1.29 is 14.3 Å². The van der Waals surface area contributed by atoms with Crippen LogP contribution in [0.15, 0.2) is 22.8 Å². The Morgan fingerprint density at radius 1 is 1.23 bits per heavy atom. The minimum Gasteiger partial charge on any atom is -0.444 e. The maximum atomic E-state index is 12.8. The average Bonchev–Trinajstić information content (AvgIpc) is 2.54. The first-order valence-corrected chi connectivity index (χ1v) is 9.85. The summed E-state index contributed by atoms with van der Waals surface area (Å²) in [6.07, 6.45) is 4.97. The molecule has 1 aromatic heterocycles. The van der Waals surface area contributed by atoms with Crippen LogP contribution in [0, 0.1) is 11.8 Å². The number of carbonyl (C=O) groups excluding carboxylic acids is 2. The van der Waals surface area contributed by atoms with Crippen LogP contribution in [0.3, 0.4) is 0 Å². The molecule has 1 saturated carbocycles. The van der Waals surface area contributed by atoms with Crippen LogP contribution < -0.4 is 10.6 Å². The Labute approximate surface area is 163 Å². The molecule has 1 aromatic rings. The van der Waals surface area contributed by atoms with Gasteiger partial charge in [-0.1, -0.05) is 19.8 Å². The number of nitrogens with zero attached hydrogens (tertiary/aromatic N) is 1. The Hall–Kier alpha value is -1.63. The number of aromatic nitrogens is 1. The Morgan fingerprint density at radius 2 is 1.88 bits per heavy atom. The minimum absolute atomic E-state index is 0.0918. The molecule has 0 unspecified atom stereocenters. The van der Waals surface area contributed by atoms with Crippen LogP contribution in [-0.4, -0.2) is 28.6 Å². The SMILES string of the molecule is CC(C)(C)OC(=O)N[C@H](C(=O)Nc1ccc(Br)cn1)[C@H]1CC[C@H](C)CC1. The molecule has 1 aliphatic carbocycles. The Morgan fingerprint density at radius 3 is 2.42 bits per heavy atom. The van der Waals surface area contributed by atoms with Crippen LogP contribution in [-0.2, 0) is 9.53 Å². The van der Waals surface area contributed by atoms with E-state index >= 15 is 0 Å². The van der Waals surface area contributed by atoms with Crippen molar-refractivity contribution in [1.29, 1.82) is 0 Å². The van der Waals surface area contributed by atoms with E-state index in [0.717, 1.165) is 30.2 Å². The zero-order valence-electron chi connectivity index (χ0n) is 15.8. The number of hydrogen-bond donors (Lipinski definition) is 2. The number of amides is 2. The van der Waals surface area contributed by atoms with Crippen LogP contribution in [0.2, 0.25) is 0 Å². The van der Waals surface area contributed by atoms with E-state index in [1.807, 2.05) is 0 Å². The molecular formula is C19H28BrN3O3. The maximum absolute atomic E-state index is 12.8. The number of halogens is 1. The van der Waals surface area contributed by atoms with E-state index in [9.17, 15) is 9.59 Å². The molecule has 1 fully saturated rings. The topological polar surface area (TPSA) is 80.3 Å². The third-order valence-electron chi connectivity index (χ3n) is 4.47. The highest BCUT2D eigenvalue weighted by Crippen LogP contribution is 2.31. The van der Waals surface area contributed by atoms with Crippen LogP contribution in [0.25, 0.3) is 0 Å². The average molecular weight is 426 g/mol. The van der Waals surface area contributed by atoms with Gasteiger partial charge in [-0.3, -0.25) is 4.79 Å². The molecule has 0 spiro atoms. The van der Waals surface area contributed by atoms with E-state index in [4.69, 9.17) is 4.74 Å². The number of nitrogens with one attached hydrogen (secondary N) is 2. The Balaban J connectivity index is 2.09. The molecule has 0 aliphatic heterocycles. The van der Waals surface area contributed by atoms with Gasteiger partial charge < -0.3 is 15.4 Å². The second kappa shape index (κ2) is 8.84. The van der Waals surface area contributed by atoms with Gasteiger partial charge in [0.25, 0.3) is 0 Å². The van der Waals surface area contributed by atoms with Gasteiger partial charge in [0, 0.05) is 10.7 Å². The lowest BCUT2D eigenvalue weighted by Crippen LogP contribution is -2.50. The lowest BCUT2D eigenvalue weighted by Gasteiger charge is -2.32. The molecule has 1 atom stereocenters. The fourth-order valence-electron chi connectivity index (χ4n) is 3.10. The maximum Gasteiger partial charge on any atom is 0.408 e. The highest BCUT2D eigenvalue weighted by Gasteiger charge is 2.33. The van der Waals surface area contributed by atoms with Crippen LogP contribution in [0.1, 0.15) is 53.4 Å². The fourth-order valence-corrected chi connectivity index (χ4v) is 3.34. The minimum atomic E-state index is -0.636. The van der Waals surface area contributed by atoms with Gasteiger partial charge in [-0.2, -0.15) is 0 Å². The highest BCUT2D eigenvalue weighted by molar-refractivity contribution is 9.10. The molecule has 144 valence electrons. The zero-order chi connectivity index (χ0) is 19.3. The van der Waals surface area contributed by atoms with Crippen molar-refractivity contribution >= 4 is 33.7 Å². The number of hydrogen-bond acceptors (Lipinski definition) is 4. The van der Waals surface area contributed by atoms with Crippen molar-refractivity contribution in [2.75, 3.05) is 5.32 Å². The molecule has 2 N–H and O–H groups in total. The molecule has 2 amide bonds. The third-order valence-corrected chi connectivity index (χ3v) is 4.93. The fraction of sp³-hybridized carbons (Fsp3) is 0.632. The molecule has 2 rings (SSSR count). The van der Waals surface area contributed by atoms with Gasteiger partial charge in [0.2, 0.25) is 5.91 Å². The first-order valence-electron chi connectivity index (χ1n) is 9.06. The first-order chi connectivity index (χ1) is 12.1. The summed E-state index contributed by atoms with van der Waals surface area (Å²) in [5, 5.41) is 5.58. The van der Waals surface area contributed by atoms with E-state index in [-0.39, 0.29) is 11.8 Å². The number of pyridine rings is 1.